The van der Waals surface area contributed by atoms with Gasteiger partial charge in [0.25, 0.3) is 0 Å². The van der Waals surface area contributed by atoms with Crippen LogP contribution in [0.3, 0.4) is 0 Å². The first kappa shape index (κ1) is 13.0. The fourth-order valence-electron chi connectivity index (χ4n) is 2.14. The normalized spacial score (nSPS) is 18.4. The van der Waals surface area contributed by atoms with E-state index in [-0.39, 0.29) is 5.92 Å². The quantitative estimate of drug-likeness (QED) is 0.803. The van der Waals surface area contributed by atoms with Gasteiger partial charge >= 0.3 is 5.97 Å². The molecule has 1 aromatic rings. The Morgan fingerprint density at radius 2 is 2.44 bits per heavy atom. The van der Waals surface area contributed by atoms with Gasteiger partial charge in [-0.2, -0.15) is 0 Å². The average molecular weight is 250 g/mol. The van der Waals surface area contributed by atoms with Crippen LogP contribution in [0.25, 0.3) is 0 Å². The predicted molar refractivity (Wildman–Crippen MR) is 65.1 cm³/mol. The molecule has 0 bridgehead atoms. The first-order valence-electron chi connectivity index (χ1n) is 6.35. The summed E-state index contributed by atoms with van der Waals surface area (Å²) in [7, 11) is 0. The minimum atomic E-state index is -0.726. The maximum atomic E-state index is 10.9. The van der Waals surface area contributed by atoms with Gasteiger partial charge in [0.2, 0.25) is 0 Å². The molecule has 18 heavy (non-hydrogen) atoms. The number of aryl methyl sites for hydroxylation is 1. The summed E-state index contributed by atoms with van der Waals surface area (Å²) in [5.41, 5.74) is 1.95. The molecular weight excluding hydrogens is 232 g/mol. The monoisotopic (exact) mass is 250 g/mol. The summed E-state index contributed by atoms with van der Waals surface area (Å²) >= 11 is 0. The highest BCUT2D eigenvalue weighted by Gasteiger charge is 2.25. The molecule has 5 nitrogen and oxygen atoms in total. The van der Waals surface area contributed by atoms with Crippen molar-refractivity contribution < 1.29 is 14.6 Å². The van der Waals surface area contributed by atoms with Crippen LogP contribution in [0.1, 0.15) is 36.8 Å². The van der Waals surface area contributed by atoms with Crippen LogP contribution >= 0.6 is 0 Å². The number of aromatic nitrogens is 2. The predicted octanol–water partition coefficient (Wildman–Crippen LogP) is 1.59. The van der Waals surface area contributed by atoms with Gasteiger partial charge in [0.15, 0.2) is 5.82 Å². The molecule has 1 atom stereocenters. The second-order valence-electron chi connectivity index (χ2n) is 4.59. The van der Waals surface area contributed by atoms with Crippen LogP contribution in [-0.2, 0) is 29.0 Å². The van der Waals surface area contributed by atoms with E-state index >= 15 is 0 Å². The van der Waals surface area contributed by atoms with E-state index in [9.17, 15) is 4.79 Å². The van der Waals surface area contributed by atoms with Gasteiger partial charge in [-0.3, -0.25) is 4.79 Å². The van der Waals surface area contributed by atoms with E-state index in [0.717, 1.165) is 24.1 Å². The second kappa shape index (κ2) is 5.91. The molecule has 0 aromatic carbocycles. The fourth-order valence-corrected chi connectivity index (χ4v) is 2.14. The van der Waals surface area contributed by atoms with Crippen molar-refractivity contribution >= 4 is 5.97 Å². The van der Waals surface area contributed by atoms with E-state index in [0.29, 0.717) is 31.9 Å². The molecule has 1 unspecified atom stereocenters. The molecule has 0 saturated carbocycles. The van der Waals surface area contributed by atoms with Crippen molar-refractivity contribution in [2.24, 2.45) is 5.92 Å². The van der Waals surface area contributed by atoms with Crippen LogP contribution in [0.4, 0.5) is 0 Å². The van der Waals surface area contributed by atoms with Crippen LogP contribution in [0.2, 0.25) is 0 Å². The van der Waals surface area contributed by atoms with E-state index in [1.807, 2.05) is 0 Å². The first-order chi connectivity index (χ1) is 8.70. The highest BCUT2D eigenvalue weighted by atomic mass is 16.5. The molecule has 0 aliphatic heterocycles. The van der Waals surface area contributed by atoms with Crippen LogP contribution in [0, 0.1) is 5.92 Å². The smallest absolute Gasteiger partial charge is 0.306 e. The van der Waals surface area contributed by atoms with Gasteiger partial charge in [-0.15, -0.1) is 0 Å². The number of aliphatic carboxylic acids is 1. The SMILES string of the molecule is CCCOCc1ncc2c(n1)CCC(C(=O)O)C2. The molecule has 0 spiro atoms. The van der Waals surface area contributed by atoms with Crippen LogP contribution < -0.4 is 0 Å². The number of hydrogen-bond donors (Lipinski definition) is 1. The van der Waals surface area contributed by atoms with Crippen molar-refractivity contribution in [2.75, 3.05) is 6.61 Å². The molecule has 5 heteroatoms. The third-order valence-corrected chi connectivity index (χ3v) is 3.13. The van der Waals surface area contributed by atoms with Crippen molar-refractivity contribution in [1.29, 1.82) is 0 Å². The Balaban J connectivity index is 2.03. The third kappa shape index (κ3) is 3.04. The van der Waals surface area contributed by atoms with Crippen LogP contribution in [0.15, 0.2) is 6.20 Å². The Hall–Kier alpha value is -1.49. The van der Waals surface area contributed by atoms with Crippen molar-refractivity contribution in [1.82, 2.24) is 9.97 Å². The number of nitrogens with zero attached hydrogens (tertiary/aromatic N) is 2. The lowest BCUT2D eigenvalue weighted by Gasteiger charge is -2.20. The zero-order valence-electron chi connectivity index (χ0n) is 10.6. The van der Waals surface area contributed by atoms with E-state index in [4.69, 9.17) is 9.84 Å². The Labute approximate surface area is 106 Å². The Bertz CT molecular complexity index is 434. The topological polar surface area (TPSA) is 72.3 Å². The highest BCUT2D eigenvalue weighted by Crippen LogP contribution is 2.23. The van der Waals surface area contributed by atoms with Gasteiger partial charge in [0, 0.05) is 18.5 Å². The molecule has 1 aliphatic rings. The summed E-state index contributed by atoms with van der Waals surface area (Å²) in [5, 5.41) is 9.00. The van der Waals surface area contributed by atoms with E-state index in [1.165, 1.54) is 0 Å². The number of fused-ring (bicyclic) bond motifs is 1. The Morgan fingerprint density at radius 3 is 3.17 bits per heavy atom. The van der Waals surface area contributed by atoms with Gasteiger partial charge in [-0.05, 0) is 31.2 Å². The zero-order valence-corrected chi connectivity index (χ0v) is 10.6. The molecule has 0 radical (unpaired) electrons. The van der Waals surface area contributed by atoms with Gasteiger partial charge < -0.3 is 9.84 Å². The maximum Gasteiger partial charge on any atom is 0.306 e. The first-order valence-corrected chi connectivity index (χ1v) is 6.35. The molecule has 1 aromatic heterocycles. The lowest BCUT2D eigenvalue weighted by molar-refractivity contribution is -0.142. The van der Waals surface area contributed by atoms with Crippen molar-refractivity contribution in [3.05, 3.63) is 23.3 Å². The molecule has 1 N–H and O–H groups in total. The lowest BCUT2D eigenvalue weighted by Crippen LogP contribution is -2.23. The van der Waals surface area contributed by atoms with E-state index in [1.54, 1.807) is 6.20 Å². The number of carboxylic acid groups (broad SMARTS) is 1. The van der Waals surface area contributed by atoms with Crippen molar-refractivity contribution in [3.8, 4) is 0 Å². The molecule has 98 valence electrons. The maximum absolute atomic E-state index is 10.9. The standard InChI is InChI=1S/C13H18N2O3/c1-2-5-18-8-12-14-7-10-6-9(13(16)17)3-4-11(10)15-12/h7,9H,2-6,8H2,1H3,(H,16,17). The molecule has 2 rings (SSSR count). The fraction of sp³-hybridized carbons (Fsp3) is 0.615. The van der Waals surface area contributed by atoms with E-state index < -0.39 is 5.97 Å². The molecule has 1 aliphatic carbocycles. The highest BCUT2D eigenvalue weighted by molar-refractivity contribution is 5.70. The number of carboxylic acids is 1. The van der Waals surface area contributed by atoms with Gasteiger partial charge in [0.05, 0.1) is 5.92 Å². The van der Waals surface area contributed by atoms with E-state index in [2.05, 4.69) is 16.9 Å². The molecular formula is C13H18N2O3. The molecule has 0 amide bonds. The van der Waals surface area contributed by atoms with Crippen LogP contribution in [0.5, 0.6) is 0 Å². The minimum absolute atomic E-state index is 0.289. The number of ether oxygens (including phenoxy) is 1. The second-order valence-corrected chi connectivity index (χ2v) is 4.59. The van der Waals surface area contributed by atoms with Gasteiger partial charge in [-0.1, -0.05) is 6.92 Å². The Morgan fingerprint density at radius 1 is 1.61 bits per heavy atom. The van der Waals surface area contributed by atoms with Crippen molar-refractivity contribution in [3.63, 3.8) is 0 Å². The average Bonchev–Trinajstić information content (AvgIpc) is 2.38. The van der Waals surface area contributed by atoms with Crippen molar-refractivity contribution in [2.45, 2.75) is 39.2 Å². The minimum Gasteiger partial charge on any atom is -0.481 e. The summed E-state index contributed by atoms with van der Waals surface area (Å²) in [5.74, 6) is -0.324. The van der Waals surface area contributed by atoms with Gasteiger partial charge in [0.1, 0.15) is 6.61 Å². The molecule has 0 saturated heterocycles. The third-order valence-electron chi connectivity index (χ3n) is 3.13. The summed E-state index contributed by atoms with van der Waals surface area (Å²) in [6.45, 7) is 3.20. The molecule has 0 fully saturated rings. The number of rotatable bonds is 5. The zero-order chi connectivity index (χ0) is 13.0. The largest absolute Gasteiger partial charge is 0.481 e. The summed E-state index contributed by atoms with van der Waals surface area (Å²) in [6, 6.07) is 0. The summed E-state index contributed by atoms with van der Waals surface area (Å²) in [4.78, 5) is 19.6. The lowest BCUT2D eigenvalue weighted by atomic mass is 9.87. The van der Waals surface area contributed by atoms with Crippen LogP contribution in [-0.4, -0.2) is 27.7 Å². The summed E-state index contributed by atoms with van der Waals surface area (Å²) in [6.07, 6.45) is 4.65. The molecule has 1 heterocycles. The number of carbonyl (C=O) groups is 1. The Kier molecular flexibility index (Phi) is 4.25. The summed E-state index contributed by atoms with van der Waals surface area (Å²) < 4.78 is 5.40. The number of hydrogen-bond acceptors (Lipinski definition) is 4. The van der Waals surface area contributed by atoms with Gasteiger partial charge in [-0.25, -0.2) is 9.97 Å².